The summed E-state index contributed by atoms with van der Waals surface area (Å²) in [6.07, 6.45) is 0. The molecule has 18 heavy (non-hydrogen) atoms. The molecule has 0 aromatic carbocycles. The molecule has 104 valence electrons. The Morgan fingerprint density at radius 1 is 1.39 bits per heavy atom. The van der Waals surface area contributed by atoms with E-state index < -0.39 is 0 Å². The van der Waals surface area contributed by atoms with Crippen molar-refractivity contribution in [3.8, 4) is 0 Å². The predicted octanol–water partition coefficient (Wildman–Crippen LogP) is 2.36. The van der Waals surface area contributed by atoms with Crippen LogP contribution in [0.25, 0.3) is 0 Å². The van der Waals surface area contributed by atoms with Gasteiger partial charge in [-0.1, -0.05) is 13.8 Å². The third-order valence-corrected chi connectivity index (χ3v) is 3.96. The van der Waals surface area contributed by atoms with Crippen LogP contribution in [0.15, 0.2) is 5.38 Å². The zero-order valence-corrected chi connectivity index (χ0v) is 12.8. The molecule has 0 fully saturated rings. The van der Waals surface area contributed by atoms with Gasteiger partial charge in [0.05, 0.1) is 24.4 Å². The van der Waals surface area contributed by atoms with Gasteiger partial charge < -0.3 is 14.8 Å². The van der Waals surface area contributed by atoms with Crippen molar-refractivity contribution in [2.75, 3.05) is 34.0 Å². The Hall–Kier alpha value is -0.490. The number of rotatable bonds is 8. The Labute approximate surface area is 114 Å². The van der Waals surface area contributed by atoms with Gasteiger partial charge in [0.1, 0.15) is 5.01 Å². The number of nitrogens with one attached hydrogen (secondary N) is 1. The summed E-state index contributed by atoms with van der Waals surface area (Å²) < 4.78 is 10.4. The van der Waals surface area contributed by atoms with Crippen molar-refractivity contribution in [1.82, 2.24) is 10.3 Å². The van der Waals surface area contributed by atoms with E-state index in [4.69, 9.17) is 14.5 Å². The van der Waals surface area contributed by atoms with Gasteiger partial charge in [-0.05, 0) is 12.8 Å². The van der Waals surface area contributed by atoms with E-state index in [1.54, 1.807) is 25.6 Å². The van der Waals surface area contributed by atoms with Crippen LogP contribution < -0.4 is 5.32 Å². The van der Waals surface area contributed by atoms with Gasteiger partial charge in [0.25, 0.3) is 0 Å². The van der Waals surface area contributed by atoms with Crippen molar-refractivity contribution >= 4 is 11.3 Å². The molecule has 0 aliphatic rings. The van der Waals surface area contributed by atoms with Crippen LogP contribution >= 0.6 is 11.3 Å². The average molecular weight is 272 g/mol. The third kappa shape index (κ3) is 4.02. The van der Waals surface area contributed by atoms with Crippen molar-refractivity contribution in [3.05, 3.63) is 16.1 Å². The van der Waals surface area contributed by atoms with Crippen molar-refractivity contribution in [1.29, 1.82) is 0 Å². The second-order valence-corrected chi connectivity index (χ2v) is 5.78. The largest absolute Gasteiger partial charge is 0.383 e. The number of ether oxygens (including phenoxy) is 2. The molecule has 1 rings (SSSR count). The normalized spacial score (nSPS) is 15.0. The van der Waals surface area contributed by atoms with E-state index >= 15 is 0 Å². The van der Waals surface area contributed by atoms with Crippen LogP contribution in [0.5, 0.6) is 0 Å². The quantitative estimate of drug-likeness (QED) is 0.738. The molecule has 1 heterocycles. The molecular formula is C13H24N2O2S. The minimum Gasteiger partial charge on any atom is -0.383 e. The van der Waals surface area contributed by atoms with Gasteiger partial charge in [0.2, 0.25) is 0 Å². The van der Waals surface area contributed by atoms with Crippen LogP contribution in [0.3, 0.4) is 0 Å². The lowest BCUT2D eigenvalue weighted by Crippen LogP contribution is -2.44. The van der Waals surface area contributed by atoms with Crippen LogP contribution in [0, 0.1) is 0 Å². The van der Waals surface area contributed by atoms with Gasteiger partial charge in [-0.15, -0.1) is 11.3 Å². The van der Waals surface area contributed by atoms with E-state index in [1.165, 1.54) is 0 Å². The topological polar surface area (TPSA) is 43.4 Å². The molecule has 0 aliphatic carbocycles. The Kier molecular flexibility index (Phi) is 6.21. The summed E-state index contributed by atoms with van der Waals surface area (Å²) in [6.45, 7) is 8.50. The molecule has 0 saturated carbocycles. The lowest BCUT2D eigenvalue weighted by molar-refractivity contribution is 0.108. The second-order valence-electron chi connectivity index (χ2n) is 4.92. The molecule has 1 unspecified atom stereocenters. The van der Waals surface area contributed by atoms with Crippen molar-refractivity contribution in [3.63, 3.8) is 0 Å². The van der Waals surface area contributed by atoms with E-state index in [2.05, 4.69) is 31.5 Å². The fraction of sp³-hybridized carbons (Fsp3) is 0.769. The maximum Gasteiger partial charge on any atom is 0.115 e. The monoisotopic (exact) mass is 272 g/mol. The smallest absolute Gasteiger partial charge is 0.115 e. The summed E-state index contributed by atoms with van der Waals surface area (Å²) in [6, 6.07) is 0. The lowest BCUT2D eigenvalue weighted by atomic mass is 10.0. The van der Waals surface area contributed by atoms with E-state index in [0.29, 0.717) is 19.1 Å². The first-order chi connectivity index (χ1) is 8.53. The van der Waals surface area contributed by atoms with Crippen molar-refractivity contribution in [2.45, 2.75) is 32.2 Å². The Balaban J connectivity index is 2.80. The molecule has 5 heteroatoms. The standard InChI is InChI=1S/C13H24N2O2S/c1-10(2)11-8-18-12(15-11)13(3,9-17-5)14-6-7-16-4/h8,10,14H,6-7,9H2,1-5H3. The Morgan fingerprint density at radius 3 is 2.61 bits per heavy atom. The van der Waals surface area contributed by atoms with Gasteiger partial charge in [0.15, 0.2) is 0 Å². The third-order valence-electron chi connectivity index (χ3n) is 2.84. The molecule has 1 N–H and O–H groups in total. The van der Waals surface area contributed by atoms with Crippen molar-refractivity contribution in [2.24, 2.45) is 0 Å². The van der Waals surface area contributed by atoms with Crippen LogP contribution in [-0.2, 0) is 15.0 Å². The minimum absolute atomic E-state index is 0.245. The highest BCUT2D eigenvalue weighted by molar-refractivity contribution is 7.09. The molecule has 0 saturated heterocycles. The average Bonchev–Trinajstić information content (AvgIpc) is 2.79. The Morgan fingerprint density at radius 2 is 2.11 bits per heavy atom. The number of hydrogen-bond acceptors (Lipinski definition) is 5. The minimum atomic E-state index is -0.245. The molecule has 1 atom stereocenters. The number of aromatic nitrogens is 1. The van der Waals surface area contributed by atoms with Gasteiger partial charge >= 0.3 is 0 Å². The molecule has 0 bridgehead atoms. The summed E-state index contributed by atoms with van der Waals surface area (Å²) >= 11 is 1.69. The van der Waals surface area contributed by atoms with Crippen LogP contribution in [-0.4, -0.2) is 39.0 Å². The maximum atomic E-state index is 5.33. The lowest BCUT2D eigenvalue weighted by Gasteiger charge is -2.28. The summed E-state index contributed by atoms with van der Waals surface area (Å²) in [7, 11) is 3.42. The predicted molar refractivity (Wildman–Crippen MR) is 75.3 cm³/mol. The first-order valence-corrected chi connectivity index (χ1v) is 7.10. The van der Waals surface area contributed by atoms with Crippen LogP contribution in [0.4, 0.5) is 0 Å². The number of thiazole rings is 1. The fourth-order valence-electron chi connectivity index (χ4n) is 1.71. The molecule has 4 nitrogen and oxygen atoms in total. The molecule has 0 spiro atoms. The van der Waals surface area contributed by atoms with E-state index in [1.807, 2.05) is 0 Å². The van der Waals surface area contributed by atoms with Gasteiger partial charge in [-0.3, -0.25) is 0 Å². The van der Waals surface area contributed by atoms with Crippen molar-refractivity contribution < 1.29 is 9.47 Å². The number of methoxy groups -OCH3 is 2. The molecule has 1 aromatic heterocycles. The van der Waals surface area contributed by atoms with Crippen LogP contribution in [0.1, 0.15) is 37.4 Å². The molecule has 0 amide bonds. The maximum absolute atomic E-state index is 5.33. The highest BCUT2D eigenvalue weighted by Crippen LogP contribution is 2.27. The number of nitrogens with zero attached hydrogens (tertiary/aromatic N) is 1. The van der Waals surface area contributed by atoms with E-state index in [-0.39, 0.29) is 5.54 Å². The summed E-state index contributed by atoms with van der Waals surface area (Å²) in [5.41, 5.74) is 0.899. The summed E-state index contributed by atoms with van der Waals surface area (Å²) in [5.74, 6) is 0.459. The SMILES string of the molecule is COCCNC(C)(COC)c1nc(C(C)C)cs1. The van der Waals surface area contributed by atoms with Gasteiger partial charge in [-0.2, -0.15) is 0 Å². The molecule has 1 aromatic rings. The van der Waals surface area contributed by atoms with Gasteiger partial charge in [0, 0.05) is 26.1 Å². The molecule has 0 radical (unpaired) electrons. The zero-order chi connectivity index (χ0) is 13.6. The molecular weight excluding hydrogens is 248 g/mol. The van der Waals surface area contributed by atoms with E-state index in [0.717, 1.165) is 17.2 Å². The summed E-state index contributed by atoms with van der Waals surface area (Å²) in [5, 5.41) is 6.67. The van der Waals surface area contributed by atoms with E-state index in [9.17, 15) is 0 Å². The van der Waals surface area contributed by atoms with Gasteiger partial charge in [-0.25, -0.2) is 4.98 Å². The zero-order valence-electron chi connectivity index (χ0n) is 11.9. The Bertz CT molecular complexity index is 355. The van der Waals surface area contributed by atoms with Crippen LogP contribution in [0.2, 0.25) is 0 Å². The first-order valence-electron chi connectivity index (χ1n) is 6.22. The highest BCUT2D eigenvalue weighted by atomic mass is 32.1. The summed E-state index contributed by atoms with van der Waals surface area (Å²) in [4.78, 5) is 4.71. The second kappa shape index (κ2) is 7.19. The number of hydrogen-bond donors (Lipinski definition) is 1. The first kappa shape index (κ1) is 15.6. The molecule has 0 aliphatic heterocycles. The fourth-order valence-corrected chi connectivity index (χ4v) is 2.82. The highest BCUT2D eigenvalue weighted by Gasteiger charge is 2.29.